The third kappa shape index (κ3) is 3.62. The summed E-state index contributed by atoms with van der Waals surface area (Å²) in [5.74, 6) is 0.583. The van der Waals surface area contributed by atoms with E-state index in [1.165, 1.54) is 3.97 Å². The minimum absolute atomic E-state index is 0.0463. The number of aliphatic hydroxyl groups is 1. The summed E-state index contributed by atoms with van der Waals surface area (Å²) < 4.78 is 30.8. The van der Waals surface area contributed by atoms with Crippen molar-refractivity contribution in [2.45, 2.75) is 49.6 Å². The van der Waals surface area contributed by atoms with Crippen molar-refractivity contribution in [2.24, 2.45) is 5.92 Å². The molecule has 0 spiro atoms. The van der Waals surface area contributed by atoms with Crippen LogP contribution >= 0.6 is 22.6 Å². The number of hydrogen-bond acceptors (Lipinski definition) is 6. The average Bonchev–Trinajstić information content (AvgIpc) is 3.38. The van der Waals surface area contributed by atoms with Gasteiger partial charge in [0, 0.05) is 21.7 Å². The minimum atomic E-state index is -3.84. The van der Waals surface area contributed by atoms with Crippen molar-refractivity contribution in [3.05, 3.63) is 52.1 Å². The second-order valence-electron chi connectivity index (χ2n) is 8.43. The van der Waals surface area contributed by atoms with Gasteiger partial charge in [0.05, 0.1) is 28.1 Å². The minimum Gasteiger partial charge on any atom is -0.385 e. The molecule has 1 aliphatic rings. The molecule has 1 aliphatic carbocycles. The van der Waals surface area contributed by atoms with Gasteiger partial charge in [-0.25, -0.2) is 22.4 Å². The Bertz CT molecular complexity index is 1490. The molecule has 0 unspecified atom stereocenters. The molecule has 1 fully saturated rings. The van der Waals surface area contributed by atoms with E-state index < -0.39 is 16.1 Å². The fraction of sp³-hybridized carbons (Fsp3) is 0.348. The van der Waals surface area contributed by atoms with Gasteiger partial charge in [-0.2, -0.15) is 5.26 Å². The molecule has 170 valence electrons. The summed E-state index contributed by atoms with van der Waals surface area (Å²) >= 11 is 2.14. The third-order valence-electron chi connectivity index (χ3n) is 6.33. The number of imidazole rings is 1. The topological polar surface area (TPSA) is 114 Å². The summed E-state index contributed by atoms with van der Waals surface area (Å²) in [5, 5.41) is 20.5. The Morgan fingerprint density at radius 2 is 1.91 bits per heavy atom. The summed E-state index contributed by atoms with van der Waals surface area (Å²) in [6, 6.07) is 10.7. The molecule has 3 heterocycles. The number of aromatic nitrogens is 4. The number of rotatable bonds is 4. The summed E-state index contributed by atoms with van der Waals surface area (Å²) in [4.78, 5) is 9.34. The summed E-state index contributed by atoms with van der Waals surface area (Å²) in [6.45, 7) is 1.68. The maximum absolute atomic E-state index is 13.4. The van der Waals surface area contributed by atoms with Crippen LogP contribution in [0.5, 0.6) is 0 Å². The second kappa shape index (κ2) is 8.38. The highest BCUT2D eigenvalue weighted by molar-refractivity contribution is 14.1. The number of aliphatic hydroxyl groups excluding tert-OH is 1. The first kappa shape index (κ1) is 22.3. The summed E-state index contributed by atoms with van der Waals surface area (Å²) in [5.41, 5.74) is 1.73. The lowest BCUT2D eigenvalue weighted by atomic mass is 9.86. The quantitative estimate of drug-likeness (QED) is 0.358. The van der Waals surface area contributed by atoms with Gasteiger partial charge >= 0.3 is 0 Å². The predicted molar refractivity (Wildman–Crippen MR) is 132 cm³/mol. The Labute approximate surface area is 205 Å². The molecule has 3 aromatic heterocycles. The Balaban J connectivity index is 1.76. The Morgan fingerprint density at radius 3 is 2.55 bits per heavy atom. The van der Waals surface area contributed by atoms with Gasteiger partial charge < -0.3 is 9.67 Å². The highest BCUT2D eigenvalue weighted by Crippen LogP contribution is 2.39. The Morgan fingerprint density at radius 1 is 1.21 bits per heavy atom. The summed E-state index contributed by atoms with van der Waals surface area (Å²) in [6.07, 6.45) is 5.54. The van der Waals surface area contributed by atoms with Gasteiger partial charge in [0.2, 0.25) is 0 Å². The predicted octanol–water partition coefficient (Wildman–Crippen LogP) is 4.54. The molecule has 0 saturated heterocycles. The first-order valence-corrected chi connectivity index (χ1v) is 13.3. The molecular weight excluding hydrogens is 553 g/mol. The second-order valence-corrected chi connectivity index (χ2v) is 11.4. The van der Waals surface area contributed by atoms with E-state index in [2.05, 4.69) is 43.2 Å². The third-order valence-corrected chi connectivity index (χ3v) is 8.81. The van der Waals surface area contributed by atoms with Gasteiger partial charge in [-0.05, 0) is 67.3 Å². The number of pyridine rings is 1. The van der Waals surface area contributed by atoms with Crippen molar-refractivity contribution in [3.63, 3.8) is 0 Å². The molecular formula is C23H22IN5O3S. The van der Waals surface area contributed by atoms with E-state index in [9.17, 15) is 18.8 Å². The first-order valence-electron chi connectivity index (χ1n) is 10.8. The van der Waals surface area contributed by atoms with Crippen molar-refractivity contribution >= 4 is 54.7 Å². The van der Waals surface area contributed by atoms with Gasteiger partial charge in [0.15, 0.2) is 5.65 Å². The highest BCUT2D eigenvalue weighted by atomic mass is 127. The molecule has 0 aliphatic heterocycles. The maximum Gasteiger partial charge on any atom is 0.269 e. The van der Waals surface area contributed by atoms with Crippen LogP contribution in [0.3, 0.4) is 0 Å². The average molecular weight is 575 g/mol. The molecule has 33 heavy (non-hydrogen) atoms. The number of halogens is 1. The molecule has 0 radical (unpaired) electrons. The fourth-order valence-corrected chi connectivity index (χ4v) is 7.03. The largest absolute Gasteiger partial charge is 0.385 e. The van der Waals surface area contributed by atoms with Crippen molar-refractivity contribution in [1.82, 2.24) is 18.5 Å². The Hall–Kier alpha value is -2.49. The lowest BCUT2D eigenvalue weighted by Gasteiger charge is -2.28. The SMILES string of the molecule is C[C@@H](O)c1nc2cnc3c(c(I)cn3S(=O)(=O)c3ccccc3)c2n1C1CCC(C#N)CC1. The van der Waals surface area contributed by atoms with Crippen LogP contribution in [0.4, 0.5) is 0 Å². The number of nitriles is 1. The molecule has 5 rings (SSSR count). The summed E-state index contributed by atoms with van der Waals surface area (Å²) in [7, 11) is -3.84. The van der Waals surface area contributed by atoms with Crippen molar-refractivity contribution in [2.75, 3.05) is 0 Å². The molecule has 1 atom stereocenters. The van der Waals surface area contributed by atoms with Crippen molar-refractivity contribution in [3.8, 4) is 6.07 Å². The van der Waals surface area contributed by atoms with Gasteiger partial charge in [0.1, 0.15) is 17.4 Å². The first-order chi connectivity index (χ1) is 15.8. The molecule has 0 amide bonds. The van der Waals surface area contributed by atoms with Gasteiger partial charge in [-0.1, -0.05) is 18.2 Å². The normalized spacial score (nSPS) is 20.2. The van der Waals surface area contributed by atoms with Crippen LogP contribution in [-0.4, -0.2) is 32.0 Å². The lowest BCUT2D eigenvalue weighted by Crippen LogP contribution is -2.20. The molecule has 8 nitrogen and oxygen atoms in total. The molecule has 0 bridgehead atoms. The van der Waals surface area contributed by atoms with Crippen LogP contribution in [0, 0.1) is 20.8 Å². The number of benzene rings is 1. The van der Waals surface area contributed by atoms with Crippen molar-refractivity contribution in [1.29, 1.82) is 5.26 Å². The van der Waals surface area contributed by atoms with Gasteiger partial charge in [0.25, 0.3) is 10.0 Å². The molecule has 1 N–H and O–H groups in total. The zero-order valence-electron chi connectivity index (χ0n) is 17.9. The van der Waals surface area contributed by atoms with Gasteiger partial charge in [-0.3, -0.25) is 0 Å². The van der Waals surface area contributed by atoms with Gasteiger partial charge in [-0.15, -0.1) is 0 Å². The van der Waals surface area contributed by atoms with Crippen LogP contribution in [0.1, 0.15) is 50.6 Å². The van der Waals surface area contributed by atoms with Crippen LogP contribution in [-0.2, 0) is 10.0 Å². The lowest BCUT2D eigenvalue weighted by molar-refractivity contribution is 0.177. The number of fused-ring (bicyclic) bond motifs is 3. The standard InChI is InChI=1S/C23H22IN5O3S/c1-14(30)22-27-19-12-26-23-20(21(19)29(22)16-9-7-15(11-25)8-10-16)18(24)13-28(23)33(31,32)17-5-3-2-4-6-17/h2-6,12-16,30H,7-10H2,1H3/t14-,15?,16?/m1/s1. The molecule has 1 saturated carbocycles. The zero-order valence-corrected chi connectivity index (χ0v) is 20.9. The van der Waals surface area contributed by atoms with Crippen LogP contribution in [0.2, 0.25) is 0 Å². The molecule has 10 heteroatoms. The van der Waals surface area contributed by atoms with E-state index >= 15 is 0 Å². The van der Waals surface area contributed by atoms with E-state index in [-0.39, 0.29) is 16.9 Å². The van der Waals surface area contributed by atoms with Crippen LogP contribution < -0.4 is 0 Å². The maximum atomic E-state index is 13.4. The van der Waals surface area contributed by atoms with E-state index in [4.69, 9.17) is 0 Å². The van der Waals surface area contributed by atoms with Crippen LogP contribution in [0.15, 0.2) is 47.6 Å². The number of nitrogens with zero attached hydrogens (tertiary/aromatic N) is 5. The van der Waals surface area contributed by atoms with E-state index in [0.29, 0.717) is 22.4 Å². The smallest absolute Gasteiger partial charge is 0.269 e. The molecule has 1 aromatic carbocycles. The van der Waals surface area contributed by atoms with E-state index in [1.807, 2.05) is 0 Å². The van der Waals surface area contributed by atoms with E-state index in [0.717, 1.165) is 34.8 Å². The van der Waals surface area contributed by atoms with Crippen LogP contribution in [0.25, 0.3) is 22.1 Å². The molecule has 4 aromatic rings. The number of hydrogen-bond donors (Lipinski definition) is 1. The highest BCUT2D eigenvalue weighted by Gasteiger charge is 2.30. The van der Waals surface area contributed by atoms with E-state index in [1.54, 1.807) is 49.6 Å². The zero-order chi connectivity index (χ0) is 23.3. The monoisotopic (exact) mass is 575 g/mol. The van der Waals surface area contributed by atoms with Crippen molar-refractivity contribution < 1.29 is 13.5 Å². The fourth-order valence-electron chi connectivity index (χ4n) is 4.73. The Kier molecular flexibility index (Phi) is 5.66.